The Kier molecular flexibility index (Phi) is 5.84. The topological polar surface area (TPSA) is 66.8 Å². The highest BCUT2D eigenvalue weighted by Gasteiger charge is 2.49. The number of nitrogens with zero attached hydrogens (tertiary/aromatic N) is 2. The number of halogens is 1. The van der Waals surface area contributed by atoms with Crippen LogP contribution in [0.5, 0.6) is 0 Å². The second-order valence-corrected chi connectivity index (χ2v) is 11.2. The molecule has 8 heteroatoms. The van der Waals surface area contributed by atoms with Crippen LogP contribution in [0.25, 0.3) is 0 Å². The van der Waals surface area contributed by atoms with Crippen LogP contribution in [0.3, 0.4) is 0 Å². The van der Waals surface area contributed by atoms with E-state index in [-0.39, 0.29) is 28.7 Å². The van der Waals surface area contributed by atoms with Crippen LogP contribution >= 0.6 is 27.7 Å². The number of carbonyl (C=O) groups is 1. The summed E-state index contributed by atoms with van der Waals surface area (Å²) in [6.45, 7) is 6.05. The lowest BCUT2D eigenvalue weighted by molar-refractivity contribution is -0.117. The molecular weight excluding hydrogens is 436 g/mol. The second-order valence-electron chi connectivity index (χ2n) is 6.95. The lowest BCUT2D eigenvalue weighted by Gasteiger charge is -2.28. The fraction of sp³-hybridized carbons (Fsp3) is 0.556. The fourth-order valence-corrected chi connectivity index (χ4v) is 8.20. The molecule has 1 amide bonds. The fourth-order valence-electron chi connectivity index (χ4n) is 3.60. The highest BCUT2D eigenvalue weighted by Crippen LogP contribution is 2.43. The molecule has 2 saturated heterocycles. The molecule has 0 saturated carbocycles. The van der Waals surface area contributed by atoms with Gasteiger partial charge in [-0.2, -0.15) is 4.99 Å². The molecule has 142 valence electrons. The summed E-state index contributed by atoms with van der Waals surface area (Å²) in [6, 6.07) is 3.86. The van der Waals surface area contributed by atoms with Gasteiger partial charge in [-0.25, -0.2) is 8.42 Å². The Labute approximate surface area is 167 Å². The van der Waals surface area contributed by atoms with Crippen molar-refractivity contribution >= 4 is 54.3 Å². The number of anilines is 1. The number of rotatable bonds is 4. The average Bonchev–Trinajstić information content (AvgIpc) is 2.97. The molecule has 2 heterocycles. The molecule has 0 radical (unpaired) electrons. The molecule has 2 fully saturated rings. The molecular formula is C18H23BrN2O3S2. The van der Waals surface area contributed by atoms with Crippen LogP contribution in [0.15, 0.2) is 21.6 Å². The Balaban J connectivity index is 2.04. The van der Waals surface area contributed by atoms with E-state index in [4.69, 9.17) is 0 Å². The number of aliphatic imine (C=N–C) groups is 1. The maximum atomic E-state index is 12.3. The highest BCUT2D eigenvalue weighted by atomic mass is 79.9. The van der Waals surface area contributed by atoms with E-state index in [1.165, 1.54) is 11.8 Å². The SMILES string of the molecule is CCCCC(=O)N=C1S[C@@H]2CS(=O)(=O)C[C@H]2N1c1c(C)cc(Br)cc1C. The van der Waals surface area contributed by atoms with Crippen molar-refractivity contribution in [1.82, 2.24) is 0 Å². The third-order valence-corrected chi connectivity index (χ3v) is 8.40. The van der Waals surface area contributed by atoms with E-state index in [2.05, 4.69) is 20.9 Å². The Morgan fingerprint density at radius 2 is 1.96 bits per heavy atom. The summed E-state index contributed by atoms with van der Waals surface area (Å²) >= 11 is 4.94. The smallest absolute Gasteiger partial charge is 0.248 e. The van der Waals surface area contributed by atoms with Gasteiger partial charge in [0.25, 0.3) is 0 Å². The van der Waals surface area contributed by atoms with E-state index in [1.807, 2.05) is 37.8 Å². The summed E-state index contributed by atoms with van der Waals surface area (Å²) in [5, 5.41) is 0.574. The largest absolute Gasteiger partial charge is 0.315 e. The lowest BCUT2D eigenvalue weighted by Crippen LogP contribution is -2.38. The summed E-state index contributed by atoms with van der Waals surface area (Å²) in [7, 11) is -3.06. The van der Waals surface area contributed by atoms with Gasteiger partial charge in [-0.3, -0.25) is 4.79 Å². The van der Waals surface area contributed by atoms with Crippen LogP contribution in [-0.2, 0) is 14.6 Å². The van der Waals surface area contributed by atoms with E-state index in [0.717, 1.165) is 34.1 Å². The van der Waals surface area contributed by atoms with Crippen molar-refractivity contribution in [3.63, 3.8) is 0 Å². The summed E-state index contributed by atoms with van der Waals surface area (Å²) in [6.07, 6.45) is 2.19. The number of unbranched alkanes of at least 4 members (excludes halogenated alkanes) is 1. The van der Waals surface area contributed by atoms with Crippen LogP contribution < -0.4 is 4.90 Å². The zero-order chi connectivity index (χ0) is 19.1. The molecule has 0 spiro atoms. The minimum absolute atomic E-state index is 0.0693. The molecule has 2 aliphatic heterocycles. The predicted molar refractivity (Wildman–Crippen MR) is 112 cm³/mol. The van der Waals surface area contributed by atoms with Gasteiger partial charge in [0.05, 0.1) is 17.5 Å². The molecule has 2 aliphatic rings. The normalized spacial score (nSPS) is 25.7. The van der Waals surface area contributed by atoms with E-state index < -0.39 is 9.84 Å². The second kappa shape index (κ2) is 7.64. The van der Waals surface area contributed by atoms with Gasteiger partial charge in [0.15, 0.2) is 15.0 Å². The third-order valence-electron chi connectivity index (χ3n) is 4.73. The number of amidine groups is 1. The molecule has 26 heavy (non-hydrogen) atoms. The summed E-state index contributed by atoms with van der Waals surface area (Å²) < 4.78 is 25.3. The van der Waals surface area contributed by atoms with Crippen molar-refractivity contribution < 1.29 is 13.2 Å². The van der Waals surface area contributed by atoms with Gasteiger partial charge >= 0.3 is 0 Å². The van der Waals surface area contributed by atoms with Crippen LogP contribution in [0, 0.1) is 13.8 Å². The van der Waals surface area contributed by atoms with E-state index in [9.17, 15) is 13.2 Å². The maximum Gasteiger partial charge on any atom is 0.248 e. The molecule has 0 aromatic heterocycles. The van der Waals surface area contributed by atoms with Crippen molar-refractivity contribution in [2.24, 2.45) is 4.99 Å². The standard InChI is InChI=1S/C18H23BrN2O3S2/c1-4-5-6-16(22)20-18-21(14-9-26(23,24)10-15(14)25-18)17-11(2)7-13(19)8-12(17)3/h7-8,14-15H,4-6,9-10H2,1-3H3/t14-,15-/m1/s1. The van der Waals surface area contributed by atoms with Gasteiger partial charge in [0.1, 0.15) is 0 Å². The zero-order valence-corrected chi connectivity index (χ0v) is 18.4. The monoisotopic (exact) mass is 458 g/mol. The van der Waals surface area contributed by atoms with E-state index >= 15 is 0 Å². The minimum atomic E-state index is -3.06. The number of hydrogen-bond acceptors (Lipinski definition) is 4. The zero-order valence-electron chi connectivity index (χ0n) is 15.2. The number of benzene rings is 1. The van der Waals surface area contributed by atoms with Crippen molar-refractivity contribution in [3.05, 3.63) is 27.7 Å². The lowest BCUT2D eigenvalue weighted by atomic mass is 10.1. The molecule has 0 N–H and O–H groups in total. The third kappa shape index (κ3) is 4.02. The Morgan fingerprint density at radius 3 is 2.58 bits per heavy atom. The Bertz CT molecular complexity index is 844. The van der Waals surface area contributed by atoms with Gasteiger partial charge < -0.3 is 4.90 Å². The van der Waals surface area contributed by atoms with Crippen LogP contribution in [-0.4, -0.2) is 42.3 Å². The van der Waals surface area contributed by atoms with Gasteiger partial charge in [0, 0.05) is 21.8 Å². The molecule has 2 atom stereocenters. The molecule has 0 bridgehead atoms. The first-order valence-corrected chi connectivity index (χ1v) is 12.3. The van der Waals surface area contributed by atoms with Gasteiger partial charge in [-0.05, 0) is 43.5 Å². The number of amides is 1. The van der Waals surface area contributed by atoms with Crippen molar-refractivity contribution in [2.45, 2.75) is 51.3 Å². The van der Waals surface area contributed by atoms with Crippen molar-refractivity contribution in [3.8, 4) is 0 Å². The first kappa shape index (κ1) is 19.9. The quantitative estimate of drug-likeness (QED) is 0.684. The number of aryl methyl sites for hydroxylation is 2. The van der Waals surface area contributed by atoms with Crippen molar-refractivity contribution in [1.29, 1.82) is 0 Å². The number of carbonyl (C=O) groups excluding carboxylic acids is 1. The number of sulfone groups is 1. The highest BCUT2D eigenvalue weighted by molar-refractivity contribution is 9.10. The molecule has 0 unspecified atom stereocenters. The number of thioether (sulfide) groups is 1. The van der Waals surface area contributed by atoms with Crippen molar-refractivity contribution in [2.75, 3.05) is 16.4 Å². The van der Waals surface area contributed by atoms with Gasteiger partial charge in [-0.1, -0.05) is 41.0 Å². The maximum absolute atomic E-state index is 12.3. The van der Waals surface area contributed by atoms with Gasteiger partial charge in [-0.15, -0.1) is 0 Å². The van der Waals surface area contributed by atoms with Gasteiger partial charge in [0.2, 0.25) is 5.91 Å². The molecule has 0 aliphatic carbocycles. The Hall–Kier alpha value is -0.860. The summed E-state index contributed by atoms with van der Waals surface area (Å²) in [5.41, 5.74) is 3.04. The molecule has 1 aromatic rings. The summed E-state index contributed by atoms with van der Waals surface area (Å²) in [4.78, 5) is 18.6. The Morgan fingerprint density at radius 1 is 1.31 bits per heavy atom. The first-order valence-electron chi connectivity index (χ1n) is 8.76. The number of fused-ring (bicyclic) bond motifs is 1. The molecule has 1 aromatic carbocycles. The van der Waals surface area contributed by atoms with Crippen LogP contribution in [0.2, 0.25) is 0 Å². The molecule has 5 nitrogen and oxygen atoms in total. The van der Waals surface area contributed by atoms with Crippen LogP contribution in [0.1, 0.15) is 37.3 Å². The first-order chi connectivity index (χ1) is 12.2. The average molecular weight is 459 g/mol. The predicted octanol–water partition coefficient (Wildman–Crippen LogP) is 3.86. The molecule has 3 rings (SSSR count). The minimum Gasteiger partial charge on any atom is -0.315 e. The van der Waals surface area contributed by atoms with E-state index in [0.29, 0.717) is 11.6 Å². The summed E-state index contributed by atoms with van der Waals surface area (Å²) in [5.74, 6) is 0.131. The van der Waals surface area contributed by atoms with Crippen LogP contribution in [0.4, 0.5) is 5.69 Å². The number of hydrogen-bond donors (Lipinski definition) is 0. The van der Waals surface area contributed by atoms with E-state index in [1.54, 1.807) is 0 Å².